The van der Waals surface area contributed by atoms with Gasteiger partial charge >= 0.3 is 0 Å². The molecule has 14 heavy (non-hydrogen) atoms. The molecule has 0 spiro atoms. The first kappa shape index (κ1) is 12.0. The van der Waals surface area contributed by atoms with Crippen LogP contribution in [0.1, 0.15) is 20.3 Å². The molecule has 84 valence electrons. The van der Waals surface area contributed by atoms with E-state index in [2.05, 4.69) is 31.1 Å². The molecule has 1 aliphatic rings. The number of nitrogens with one attached hydrogen (secondary N) is 1. The van der Waals surface area contributed by atoms with Crippen LogP contribution >= 0.6 is 0 Å². The molecule has 0 amide bonds. The molecule has 0 aromatic heterocycles. The van der Waals surface area contributed by atoms with Gasteiger partial charge in [0, 0.05) is 25.7 Å². The average Bonchev–Trinajstić information content (AvgIpc) is 2.18. The molecule has 0 aliphatic carbocycles. The molecule has 1 aliphatic heterocycles. The Bertz CT molecular complexity index is 150. The molecule has 0 radical (unpaired) electrons. The second-order valence-electron chi connectivity index (χ2n) is 4.16. The van der Waals surface area contributed by atoms with E-state index in [0.29, 0.717) is 6.04 Å². The van der Waals surface area contributed by atoms with E-state index in [1.807, 2.05) is 0 Å². The third kappa shape index (κ3) is 3.56. The third-order valence-corrected chi connectivity index (χ3v) is 3.12. The van der Waals surface area contributed by atoms with E-state index in [9.17, 15) is 0 Å². The summed E-state index contributed by atoms with van der Waals surface area (Å²) in [6, 6.07) is 0.707. The van der Waals surface area contributed by atoms with E-state index < -0.39 is 0 Å². The van der Waals surface area contributed by atoms with Crippen LogP contribution in [0.4, 0.5) is 0 Å². The third-order valence-electron chi connectivity index (χ3n) is 3.12. The monoisotopic (exact) mass is 200 g/mol. The lowest BCUT2D eigenvalue weighted by Gasteiger charge is -2.36. The number of hydrogen-bond acceptors (Lipinski definition) is 3. The molecule has 0 aromatic carbocycles. The second kappa shape index (κ2) is 6.38. The van der Waals surface area contributed by atoms with Gasteiger partial charge < -0.3 is 15.0 Å². The molecule has 1 fully saturated rings. The van der Waals surface area contributed by atoms with Crippen molar-refractivity contribution in [3.8, 4) is 0 Å². The molecule has 1 heterocycles. The zero-order valence-corrected chi connectivity index (χ0v) is 9.75. The van der Waals surface area contributed by atoms with Crippen LogP contribution in [0.3, 0.4) is 0 Å². The Kier molecular flexibility index (Phi) is 5.45. The Morgan fingerprint density at radius 1 is 1.50 bits per heavy atom. The van der Waals surface area contributed by atoms with Crippen LogP contribution < -0.4 is 5.32 Å². The molecule has 1 N–H and O–H groups in total. The van der Waals surface area contributed by atoms with Gasteiger partial charge in [0.05, 0.1) is 6.61 Å². The fraction of sp³-hybridized carbons (Fsp3) is 1.00. The Hall–Kier alpha value is -0.120. The van der Waals surface area contributed by atoms with Crippen LogP contribution in [-0.4, -0.2) is 50.8 Å². The molecule has 2 unspecified atom stereocenters. The van der Waals surface area contributed by atoms with Crippen molar-refractivity contribution in [1.29, 1.82) is 0 Å². The molecule has 0 bridgehead atoms. The summed E-state index contributed by atoms with van der Waals surface area (Å²) in [5, 5.41) is 3.38. The van der Waals surface area contributed by atoms with Crippen LogP contribution in [-0.2, 0) is 4.74 Å². The van der Waals surface area contributed by atoms with E-state index in [1.165, 1.54) is 19.5 Å². The number of rotatable bonds is 5. The van der Waals surface area contributed by atoms with Gasteiger partial charge in [-0.3, -0.25) is 0 Å². The van der Waals surface area contributed by atoms with E-state index in [1.54, 1.807) is 0 Å². The molecule has 1 rings (SSSR count). The molecule has 0 saturated carbocycles. The number of ether oxygens (including phenoxy) is 1. The van der Waals surface area contributed by atoms with Gasteiger partial charge in [-0.05, 0) is 32.9 Å². The molecule has 3 heteroatoms. The minimum atomic E-state index is 0.707. The zero-order chi connectivity index (χ0) is 10.4. The summed E-state index contributed by atoms with van der Waals surface area (Å²) in [6.07, 6.45) is 1.27. The van der Waals surface area contributed by atoms with Crippen molar-refractivity contribution < 1.29 is 4.74 Å². The fourth-order valence-electron chi connectivity index (χ4n) is 2.20. The van der Waals surface area contributed by atoms with Gasteiger partial charge in [0.15, 0.2) is 0 Å². The number of piperidine rings is 1. The van der Waals surface area contributed by atoms with Gasteiger partial charge in [0.2, 0.25) is 0 Å². The van der Waals surface area contributed by atoms with Crippen molar-refractivity contribution in [3.05, 3.63) is 0 Å². The van der Waals surface area contributed by atoms with Crippen LogP contribution in [0, 0.1) is 5.92 Å². The number of hydrogen-bond donors (Lipinski definition) is 1. The maximum Gasteiger partial charge on any atom is 0.0593 e. The molecular formula is C11H24N2O. The van der Waals surface area contributed by atoms with Crippen LogP contribution in [0.25, 0.3) is 0 Å². The summed E-state index contributed by atoms with van der Waals surface area (Å²) < 4.78 is 5.37. The average molecular weight is 200 g/mol. The summed E-state index contributed by atoms with van der Waals surface area (Å²) in [7, 11) is 2.07. The highest BCUT2D eigenvalue weighted by Gasteiger charge is 2.23. The van der Waals surface area contributed by atoms with Gasteiger partial charge in [-0.25, -0.2) is 0 Å². The van der Waals surface area contributed by atoms with Gasteiger partial charge in [-0.2, -0.15) is 0 Å². The normalized spacial score (nSPS) is 29.4. The molecule has 3 nitrogen and oxygen atoms in total. The molecular weight excluding hydrogens is 176 g/mol. The minimum absolute atomic E-state index is 0.707. The van der Waals surface area contributed by atoms with Crippen LogP contribution in [0.15, 0.2) is 0 Å². The molecule has 0 aromatic rings. The summed E-state index contributed by atoms with van der Waals surface area (Å²) in [6.45, 7) is 9.61. The fourth-order valence-corrected chi connectivity index (χ4v) is 2.20. The van der Waals surface area contributed by atoms with Gasteiger partial charge in [-0.1, -0.05) is 6.92 Å². The zero-order valence-electron chi connectivity index (χ0n) is 9.75. The van der Waals surface area contributed by atoms with Crippen molar-refractivity contribution in [3.63, 3.8) is 0 Å². The first-order chi connectivity index (χ1) is 6.77. The SMILES string of the molecule is CCOCCN1CCC(NC)C(C)C1. The van der Waals surface area contributed by atoms with Crippen molar-refractivity contribution in [2.75, 3.05) is 39.9 Å². The smallest absolute Gasteiger partial charge is 0.0593 e. The summed E-state index contributed by atoms with van der Waals surface area (Å²) >= 11 is 0. The molecule has 1 saturated heterocycles. The minimum Gasteiger partial charge on any atom is -0.380 e. The summed E-state index contributed by atoms with van der Waals surface area (Å²) in [5.41, 5.74) is 0. The summed E-state index contributed by atoms with van der Waals surface area (Å²) in [5.74, 6) is 0.760. The highest BCUT2D eigenvalue weighted by Crippen LogP contribution is 2.15. The predicted molar refractivity (Wildman–Crippen MR) is 59.6 cm³/mol. The van der Waals surface area contributed by atoms with E-state index in [0.717, 1.165) is 25.7 Å². The second-order valence-corrected chi connectivity index (χ2v) is 4.16. The lowest BCUT2D eigenvalue weighted by atomic mass is 9.94. The van der Waals surface area contributed by atoms with Crippen molar-refractivity contribution in [2.24, 2.45) is 5.92 Å². The van der Waals surface area contributed by atoms with Crippen molar-refractivity contribution >= 4 is 0 Å². The number of likely N-dealkylation sites (tertiary alicyclic amines) is 1. The van der Waals surface area contributed by atoms with Crippen molar-refractivity contribution in [1.82, 2.24) is 10.2 Å². The van der Waals surface area contributed by atoms with Crippen LogP contribution in [0.5, 0.6) is 0 Å². The van der Waals surface area contributed by atoms with Crippen LogP contribution in [0.2, 0.25) is 0 Å². The van der Waals surface area contributed by atoms with E-state index >= 15 is 0 Å². The topological polar surface area (TPSA) is 24.5 Å². The largest absolute Gasteiger partial charge is 0.380 e. The highest BCUT2D eigenvalue weighted by atomic mass is 16.5. The first-order valence-electron chi connectivity index (χ1n) is 5.75. The van der Waals surface area contributed by atoms with Gasteiger partial charge in [-0.15, -0.1) is 0 Å². The maximum atomic E-state index is 5.37. The quantitative estimate of drug-likeness (QED) is 0.669. The van der Waals surface area contributed by atoms with Gasteiger partial charge in [0.1, 0.15) is 0 Å². The first-order valence-corrected chi connectivity index (χ1v) is 5.75. The lowest BCUT2D eigenvalue weighted by molar-refractivity contribution is 0.0851. The maximum absolute atomic E-state index is 5.37. The van der Waals surface area contributed by atoms with Gasteiger partial charge in [0.25, 0.3) is 0 Å². The summed E-state index contributed by atoms with van der Waals surface area (Å²) in [4.78, 5) is 2.51. The predicted octanol–water partition coefficient (Wildman–Crippen LogP) is 0.953. The standard InChI is InChI=1S/C11H24N2O/c1-4-14-8-7-13-6-5-11(12-3)10(2)9-13/h10-12H,4-9H2,1-3H3. The lowest BCUT2D eigenvalue weighted by Crippen LogP contribution is -2.47. The van der Waals surface area contributed by atoms with E-state index in [4.69, 9.17) is 4.74 Å². The Morgan fingerprint density at radius 3 is 2.86 bits per heavy atom. The van der Waals surface area contributed by atoms with E-state index in [-0.39, 0.29) is 0 Å². The number of nitrogens with zero attached hydrogens (tertiary/aromatic N) is 1. The Morgan fingerprint density at radius 2 is 2.29 bits per heavy atom. The molecule has 2 atom stereocenters. The Labute approximate surface area is 87.8 Å². The Balaban J connectivity index is 2.18. The highest BCUT2D eigenvalue weighted by molar-refractivity contribution is 4.81. The van der Waals surface area contributed by atoms with Crippen molar-refractivity contribution in [2.45, 2.75) is 26.3 Å².